The molecule has 3 rings (SSSR count). The molecule has 0 aromatic carbocycles. The Bertz CT molecular complexity index is 525. The Kier molecular flexibility index (Phi) is 3.55. The zero-order valence-corrected chi connectivity index (χ0v) is 12.0. The van der Waals surface area contributed by atoms with Crippen LogP contribution >= 0.6 is 34.5 Å². The summed E-state index contributed by atoms with van der Waals surface area (Å²) in [6, 6.07) is 3.94. The van der Waals surface area contributed by atoms with E-state index >= 15 is 0 Å². The van der Waals surface area contributed by atoms with Gasteiger partial charge in [-0.15, -0.1) is 11.3 Å². The first-order valence-corrected chi connectivity index (χ1v) is 7.66. The molecule has 2 heterocycles. The van der Waals surface area contributed by atoms with Crippen LogP contribution in [0.4, 0.5) is 0 Å². The number of thiophene rings is 1. The first kappa shape index (κ1) is 12.4. The molecule has 1 aliphatic rings. The smallest absolute Gasteiger partial charge is 0.172 e. The third kappa shape index (κ3) is 2.27. The first-order chi connectivity index (χ1) is 8.75. The topological polar surface area (TPSA) is 25.8 Å². The molecular formula is C13H12Cl2N2S. The fraction of sp³-hybridized carbons (Fsp3) is 0.385. The number of halogens is 2. The van der Waals surface area contributed by atoms with Crippen molar-refractivity contribution in [2.75, 3.05) is 0 Å². The van der Waals surface area contributed by atoms with Crippen molar-refractivity contribution in [1.82, 2.24) is 9.97 Å². The van der Waals surface area contributed by atoms with E-state index in [-0.39, 0.29) is 0 Å². The highest BCUT2D eigenvalue weighted by Crippen LogP contribution is 2.40. The Morgan fingerprint density at radius 1 is 1.11 bits per heavy atom. The highest BCUT2D eigenvalue weighted by atomic mass is 35.5. The third-order valence-electron chi connectivity index (χ3n) is 3.36. The summed E-state index contributed by atoms with van der Waals surface area (Å²) in [4.78, 5) is 9.80. The molecule has 2 aromatic rings. The number of hydrogen-bond acceptors (Lipinski definition) is 3. The van der Waals surface area contributed by atoms with Crippen LogP contribution in [0.5, 0.6) is 0 Å². The Labute approximate surface area is 120 Å². The Balaban J connectivity index is 2.03. The molecular weight excluding hydrogens is 287 g/mol. The molecule has 1 aliphatic carbocycles. The maximum atomic E-state index is 6.30. The number of hydrogen-bond donors (Lipinski definition) is 0. The van der Waals surface area contributed by atoms with E-state index in [0.717, 1.165) is 23.3 Å². The van der Waals surface area contributed by atoms with Crippen LogP contribution in [0, 0.1) is 0 Å². The minimum absolute atomic E-state index is 0.433. The van der Waals surface area contributed by atoms with Crippen molar-refractivity contribution in [3.05, 3.63) is 33.4 Å². The molecule has 0 saturated heterocycles. The number of rotatable bonds is 2. The molecule has 18 heavy (non-hydrogen) atoms. The molecule has 0 unspecified atom stereocenters. The highest BCUT2D eigenvalue weighted by molar-refractivity contribution is 7.13. The van der Waals surface area contributed by atoms with Crippen LogP contribution in [0.25, 0.3) is 10.7 Å². The van der Waals surface area contributed by atoms with Crippen LogP contribution in [-0.4, -0.2) is 9.97 Å². The second-order valence-corrected chi connectivity index (χ2v) is 6.16. The van der Waals surface area contributed by atoms with Gasteiger partial charge in [0.1, 0.15) is 10.3 Å². The normalized spacial score (nSPS) is 16.3. The van der Waals surface area contributed by atoms with Crippen molar-refractivity contribution in [3.63, 3.8) is 0 Å². The minimum Gasteiger partial charge on any atom is -0.215 e. The average molecular weight is 299 g/mol. The van der Waals surface area contributed by atoms with Crippen LogP contribution in [-0.2, 0) is 0 Å². The lowest BCUT2D eigenvalue weighted by Crippen LogP contribution is -2.01. The molecule has 0 atom stereocenters. The molecule has 2 nitrogen and oxygen atoms in total. The monoisotopic (exact) mass is 298 g/mol. The molecule has 1 fully saturated rings. The summed E-state index contributed by atoms with van der Waals surface area (Å²) in [7, 11) is 0. The van der Waals surface area contributed by atoms with Crippen molar-refractivity contribution in [2.45, 2.75) is 31.6 Å². The highest BCUT2D eigenvalue weighted by Gasteiger charge is 2.24. The average Bonchev–Trinajstić information content (AvgIpc) is 3.01. The summed E-state index contributed by atoms with van der Waals surface area (Å²) in [6.07, 6.45) is 4.76. The fourth-order valence-corrected chi connectivity index (χ4v) is 3.84. The van der Waals surface area contributed by atoms with Crippen LogP contribution in [0.3, 0.4) is 0 Å². The second-order valence-electron chi connectivity index (χ2n) is 4.50. The van der Waals surface area contributed by atoms with Crippen LogP contribution < -0.4 is 0 Å². The van der Waals surface area contributed by atoms with Gasteiger partial charge < -0.3 is 0 Å². The lowest BCUT2D eigenvalue weighted by Gasteiger charge is -2.13. The van der Waals surface area contributed by atoms with E-state index < -0.39 is 0 Å². The fourth-order valence-electron chi connectivity index (χ4n) is 2.48. The van der Waals surface area contributed by atoms with Gasteiger partial charge in [0.2, 0.25) is 0 Å². The number of nitrogens with zero attached hydrogens (tertiary/aromatic N) is 2. The lowest BCUT2D eigenvalue weighted by atomic mass is 10.0. The zero-order valence-electron chi connectivity index (χ0n) is 9.70. The summed E-state index contributed by atoms with van der Waals surface area (Å²) < 4.78 is 0. The Morgan fingerprint density at radius 3 is 2.33 bits per heavy atom. The van der Waals surface area contributed by atoms with Crippen molar-refractivity contribution in [1.29, 1.82) is 0 Å². The molecule has 0 radical (unpaired) electrons. The second kappa shape index (κ2) is 5.16. The van der Waals surface area contributed by atoms with Gasteiger partial charge in [0, 0.05) is 5.56 Å². The molecule has 5 heteroatoms. The van der Waals surface area contributed by atoms with E-state index in [1.54, 1.807) is 11.3 Å². The molecule has 0 amide bonds. The van der Waals surface area contributed by atoms with Crippen LogP contribution in [0.1, 0.15) is 37.2 Å². The summed E-state index contributed by atoms with van der Waals surface area (Å²) in [5.74, 6) is 1.06. The van der Waals surface area contributed by atoms with E-state index in [2.05, 4.69) is 9.97 Å². The van der Waals surface area contributed by atoms with Gasteiger partial charge in [0.25, 0.3) is 0 Å². The minimum atomic E-state index is 0.433. The lowest BCUT2D eigenvalue weighted by molar-refractivity contribution is 0.715. The van der Waals surface area contributed by atoms with Gasteiger partial charge in [-0.3, -0.25) is 0 Å². The molecule has 94 valence electrons. The van der Waals surface area contributed by atoms with Gasteiger partial charge >= 0.3 is 0 Å². The van der Waals surface area contributed by atoms with Crippen LogP contribution in [0.2, 0.25) is 10.3 Å². The Hall–Kier alpha value is -0.640. The molecule has 0 spiro atoms. The first-order valence-electron chi connectivity index (χ1n) is 6.02. The van der Waals surface area contributed by atoms with Crippen LogP contribution in [0.15, 0.2) is 17.5 Å². The maximum absolute atomic E-state index is 6.30. The molecule has 0 aliphatic heterocycles. The van der Waals surface area contributed by atoms with E-state index in [1.807, 2.05) is 17.5 Å². The SMILES string of the molecule is Clc1nc(-c2cccs2)nc(Cl)c1C1CCCC1. The van der Waals surface area contributed by atoms with Gasteiger partial charge in [-0.1, -0.05) is 42.1 Å². The summed E-state index contributed by atoms with van der Waals surface area (Å²) in [5.41, 5.74) is 0.941. The Morgan fingerprint density at radius 2 is 1.78 bits per heavy atom. The third-order valence-corrected chi connectivity index (χ3v) is 4.80. The van der Waals surface area contributed by atoms with Gasteiger partial charge in [-0.25, -0.2) is 9.97 Å². The summed E-state index contributed by atoms with van der Waals surface area (Å²) in [5, 5.41) is 3.03. The van der Waals surface area contributed by atoms with E-state index in [9.17, 15) is 0 Å². The predicted octanol–water partition coefficient (Wildman–Crippen LogP) is 5.17. The summed E-state index contributed by atoms with van der Waals surface area (Å²) in [6.45, 7) is 0. The molecule has 0 bridgehead atoms. The van der Waals surface area contributed by atoms with E-state index in [1.165, 1.54) is 12.8 Å². The largest absolute Gasteiger partial charge is 0.215 e. The van der Waals surface area contributed by atoms with Gasteiger partial charge in [-0.2, -0.15) is 0 Å². The van der Waals surface area contributed by atoms with Gasteiger partial charge in [-0.05, 0) is 30.2 Å². The van der Waals surface area contributed by atoms with Crippen molar-refractivity contribution in [3.8, 4) is 10.7 Å². The standard InChI is InChI=1S/C13H12Cl2N2S/c14-11-10(8-4-1-2-5-8)12(15)17-13(16-11)9-6-3-7-18-9/h3,6-8H,1-2,4-5H2. The van der Waals surface area contributed by atoms with Gasteiger partial charge in [0.15, 0.2) is 5.82 Å². The molecule has 2 aromatic heterocycles. The maximum Gasteiger partial charge on any atom is 0.172 e. The molecule has 1 saturated carbocycles. The summed E-state index contributed by atoms with van der Waals surface area (Å²) >= 11 is 14.2. The quantitative estimate of drug-likeness (QED) is 0.715. The predicted molar refractivity (Wildman–Crippen MR) is 76.6 cm³/mol. The van der Waals surface area contributed by atoms with Crippen molar-refractivity contribution in [2.24, 2.45) is 0 Å². The zero-order chi connectivity index (χ0) is 12.5. The number of aromatic nitrogens is 2. The van der Waals surface area contributed by atoms with E-state index in [4.69, 9.17) is 23.2 Å². The van der Waals surface area contributed by atoms with Crippen molar-refractivity contribution >= 4 is 34.5 Å². The van der Waals surface area contributed by atoms with Gasteiger partial charge in [0.05, 0.1) is 4.88 Å². The van der Waals surface area contributed by atoms with Crippen molar-refractivity contribution < 1.29 is 0 Å². The molecule has 0 N–H and O–H groups in total. The van der Waals surface area contributed by atoms with E-state index in [0.29, 0.717) is 22.0 Å².